The number of rotatable bonds is 11. The van der Waals surface area contributed by atoms with Crippen molar-refractivity contribution in [2.75, 3.05) is 31.6 Å². The minimum absolute atomic E-state index is 0.518. The highest BCUT2D eigenvalue weighted by molar-refractivity contribution is 5.79. The Bertz CT molecular complexity index is 709. The zero-order chi connectivity index (χ0) is 20.2. The number of aryl methyl sites for hydroxylation is 1. The molecular formula is C21H35N7. The predicted molar refractivity (Wildman–Crippen MR) is 117 cm³/mol. The minimum Gasteiger partial charge on any atom is -0.375 e. The van der Waals surface area contributed by atoms with Crippen LogP contribution in [0.5, 0.6) is 0 Å². The van der Waals surface area contributed by atoms with Crippen molar-refractivity contribution in [3.63, 3.8) is 0 Å². The molecule has 0 unspecified atom stereocenters. The number of nitrogens with zero attached hydrogens (tertiary/aromatic N) is 5. The van der Waals surface area contributed by atoms with Crippen LogP contribution in [0.15, 0.2) is 35.3 Å². The van der Waals surface area contributed by atoms with E-state index in [-0.39, 0.29) is 0 Å². The van der Waals surface area contributed by atoms with Crippen LogP contribution in [0.2, 0.25) is 0 Å². The normalized spacial score (nSPS) is 11.5. The smallest absolute Gasteiger partial charge is 0.191 e. The molecule has 0 fully saturated rings. The van der Waals surface area contributed by atoms with Gasteiger partial charge in [0.15, 0.2) is 11.8 Å². The third-order valence-corrected chi connectivity index (χ3v) is 4.79. The number of nitrogens with one attached hydrogen (secondary N) is 2. The van der Waals surface area contributed by atoms with Gasteiger partial charge in [-0.1, -0.05) is 38.0 Å². The first kappa shape index (κ1) is 21.7. The molecule has 28 heavy (non-hydrogen) atoms. The number of hydrogen-bond acceptors (Lipinski definition) is 4. The molecule has 0 aliphatic heterocycles. The molecule has 1 heterocycles. The summed E-state index contributed by atoms with van der Waals surface area (Å²) in [6.07, 6.45) is 4.62. The summed E-state index contributed by atoms with van der Waals surface area (Å²) in [5, 5.41) is 15.2. The molecule has 0 bridgehead atoms. The van der Waals surface area contributed by atoms with Crippen LogP contribution in [0, 0.1) is 6.92 Å². The molecule has 0 saturated heterocycles. The quantitative estimate of drug-likeness (QED) is 0.354. The van der Waals surface area contributed by atoms with Gasteiger partial charge in [0.1, 0.15) is 12.4 Å². The van der Waals surface area contributed by atoms with Crippen LogP contribution in [0.25, 0.3) is 0 Å². The second-order valence-electron chi connectivity index (χ2n) is 7.06. The Labute approximate surface area is 169 Å². The van der Waals surface area contributed by atoms with Gasteiger partial charge in [0.2, 0.25) is 0 Å². The van der Waals surface area contributed by atoms with E-state index in [2.05, 4.69) is 64.0 Å². The molecule has 0 spiro atoms. The monoisotopic (exact) mass is 385 g/mol. The lowest BCUT2D eigenvalue weighted by Crippen LogP contribution is -2.39. The molecule has 0 amide bonds. The van der Waals surface area contributed by atoms with Crippen molar-refractivity contribution in [1.29, 1.82) is 0 Å². The molecule has 2 rings (SSSR count). The van der Waals surface area contributed by atoms with E-state index in [1.807, 2.05) is 24.6 Å². The van der Waals surface area contributed by atoms with Crippen molar-refractivity contribution >= 4 is 11.6 Å². The van der Waals surface area contributed by atoms with Gasteiger partial charge in [0.25, 0.3) is 0 Å². The van der Waals surface area contributed by atoms with Crippen LogP contribution in [0.1, 0.15) is 44.3 Å². The Morgan fingerprint density at radius 3 is 2.43 bits per heavy atom. The Morgan fingerprint density at radius 2 is 1.79 bits per heavy atom. The van der Waals surface area contributed by atoms with E-state index < -0.39 is 0 Å². The maximum absolute atomic E-state index is 4.70. The fourth-order valence-corrected chi connectivity index (χ4v) is 2.83. The highest BCUT2D eigenvalue weighted by Crippen LogP contribution is 2.10. The second-order valence-corrected chi connectivity index (χ2v) is 7.06. The number of hydrogen-bond donors (Lipinski definition) is 2. The van der Waals surface area contributed by atoms with Crippen LogP contribution in [0.4, 0.5) is 5.69 Å². The number of unbranched alkanes of at least 4 members (excludes halogenated alkanes) is 2. The van der Waals surface area contributed by atoms with Crippen molar-refractivity contribution < 1.29 is 0 Å². The summed E-state index contributed by atoms with van der Waals surface area (Å²) in [6, 6.07) is 10.5. The summed E-state index contributed by atoms with van der Waals surface area (Å²) in [5.41, 5.74) is 1.24. The summed E-state index contributed by atoms with van der Waals surface area (Å²) in [6.45, 7) is 7.47. The van der Waals surface area contributed by atoms with E-state index in [1.165, 1.54) is 18.5 Å². The lowest BCUT2D eigenvalue weighted by molar-refractivity contribution is 0.670. The van der Waals surface area contributed by atoms with Crippen molar-refractivity contribution in [2.45, 2.75) is 46.1 Å². The molecule has 0 saturated carbocycles. The van der Waals surface area contributed by atoms with Gasteiger partial charge in [-0.05, 0) is 31.9 Å². The van der Waals surface area contributed by atoms with Crippen LogP contribution < -0.4 is 15.5 Å². The molecule has 1 aromatic carbocycles. The molecule has 0 aliphatic carbocycles. The first-order valence-corrected chi connectivity index (χ1v) is 10.2. The van der Waals surface area contributed by atoms with Gasteiger partial charge < -0.3 is 20.1 Å². The molecule has 154 valence electrons. The zero-order valence-corrected chi connectivity index (χ0v) is 17.8. The van der Waals surface area contributed by atoms with Gasteiger partial charge in [0.05, 0.1) is 0 Å². The fourth-order valence-electron chi connectivity index (χ4n) is 2.83. The van der Waals surface area contributed by atoms with E-state index in [0.717, 1.165) is 50.1 Å². The van der Waals surface area contributed by atoms with Crippen molar-refractivity contribution in [2.24, 2.45) is 12.0 Å². The molecule has 2 N–H and O–H groups in total. The Kier molecular flexibility index (Phi) is 9.31. The largest absolute Gasteiger partial charge is 0.375 e. The van der Waals surface area contributed by atoms with E-state index >= 15 is 0 Å². The van der Waals surface area contributed by atoms with Crippen LogP contribution in [0.3, 0.4) is 0 Å². The van der Waals surface area contributed by atoms with Crippen LogP contribution in [-0.4, -0.2) is 47.4 Å². The van der Waals surface area contributed by atoms with E-state index in [1.54, 1.807) is 0 Å². The standard InChI is InChI=1S/C21H35N7/c1-5-6-10-14-22-21(24-17-20-26-25-18(2)28(20)4)23-15-11-16-27(3)19-12-8-7-9-13-19/h7-9,12-13H,5-6,10-11,14-17H2,1-4H3,(H2,22,23,24). The highest BCUT2D eigenvalue weighted by Gasteiger charge is 2.05. The minimum atomic E-state index is 0.518. The number of aliphatic imine (C=N–C) groups is 1. The number of aromatic nitrogens is 3. The molecule has 7 nitrogen and oxygen atoms in total. The van der Waals surface area contributed by atoms with Gasteiger partial charge in [-0.2, -0.15) is 0 Å². The number of benzene rings is 1. The average Bonchev–Trinajstić information content (AvgIpc) is 3.04. The maximum atomic E-state index is 4.70. The van der Waals surface area contributed by atoms with E-state index in [9.17, 15) is 0 Å². The first-order chi connectivity index (χ1) is 13.6. The summed E-state index contributed by atoms with van der Waals surface area (Å²) >= 11 is 0. The average molecular weight is 386 g/mol. The topological polar surface area (TPSA) is 70.4 Å². The molecule has 0 radical (unpaired) electrons. The summed E-state index contributed by atoms with van der Waals surface area (Å²) in [4.78, 5) is 6.97. The third-order valence-electron chi connectivity index (χ3n) is 4.79. The molecule has 1 aromatic heterocycles. The maximum Gasteiger partial charge on any atom is 0.191 e. The SMILES string of the molecule is CCCCCNC(=NCc1nnc(C)n1C)NCCCN(C)c1ccccc1. The van der Waals surface area contributed by atoms with Crippen LogP contribution >= 0.6 is 0 Å². The fraction of sp³-hybridized carbons (Fsp3) is 0.571. The third kappa shape index (κ3) is 7.21. The van der Waals surface area contributed by atoms with E-state index in [4.69, 9.17) is 4.99 Å². The molecular weight excluding hydrogens is 350 g/mol. The second kappa shape index (κ2) is 12.0. The van der Waals surface area contributed by atoms with Crippen molar-refractivity contribution in [3.05, 3.63) is 42.0 Å². The van der Waals surface area contributed by atoms with Crippen molar-refractivity contribution in [3.8, 4) is 0 Å². The molecule has 0 aliphatic rings. The Hall–Kier alpha value is -2.57. The summed E-state index contributed by atoms with van der Waals surface area (Å²) < 4.78 is 1.98. The lowest BCUT2D eigenvalue weighted by atomic mass is 10.2. The summed E-state index contributed by atoms with van der Waals surface area (Å²) in [7, 11) is 4.10. The highest BCUT2D eigenvalue weighted by atomic mass is 15.3. The Balaban J connectivity index is 1.82. The van der Waals surface area contributed by atoms with Crippen LogP contribution in [-0.2, 0) is 13.6 Å². The lowest BCUT2D eigenvalue weighted by Gasteiger charge is -2.19. The summed E-state index contributed by atoms with van der Waals surface area (Å²) in [5.74, 6) is 2.62. The van der Waals surface area contributed by atoms with Crippen molar-refractivity contribution in [1.82, 2.24) is 25.4 Å². The van der Waals surface area contributed by atoms with Gasteiger partial charge in [-0.15, -0.1) is 10.2 Å². The van der Waals surface area contributed by atoms with E-state index in [0.29, 0.717) is 6.54 Å². The van der Waals surface area contributed by atoms with Gasteiger partial charge in [0, 0.05) is 39.4 Å². The van der Waals surface area contributed by atoms with Gasteiger partial charge in [-0.3, -0.25) is 0 Å². The first-order valence-electron chi connectivity index (χ1n) is 10.2. The van der Waals surface area contributed by atoms with Gasteiger partial charge in [-0.25, -0.2) is 4.99 Å². The molecule has 7 heteroatoms. The predicted octanol–water partition coefficient (Wildman–Crippen LogP) is 2.88. The van der Waals surface area contributed by atoms with Gasteiger partial charge >= 0.3 is 0 Å². The number of anilines is 1. The molecule has 2 aromatic rings. The number of guanidine groups is 1. The zero-order valence-electron chi connectivity index (χ0n) is 17.8. The molecule has 0 atom stereocenters. The number of para-hydroxylation sites is 1. The Morgan fingerprint density at radius 1 is 1.07 bits per heavy atom.